The van der Waals surface area contributed by atoms with Crippen LogP contribution >= 0.6 is 0 Å². The van der Waals surface area contributed by atoms with E-state index in [0.29, 0.717) is 12.6 Å². The first kappa shape index (κ1) is 11.1. The molecule has 0 atom stereocenters. The molecule has 0 aliphatic heterocycles. The van der Waals surface area contributed by atoms with Gasteiger partial charge in [0.1, 0.15) is 5.69 Å². The van der Waals surface area contributed by atoms with Gasteiger partial charge >= 0.3 is 0 Å². The van der Waals surface area contributed by atoms with Gasteiger partial charge in [0.2, 0.25) is 0 Å². The van der Waals surface area contributed by atoms with Gasteiger partial charge in [0.25, 0.3) is 5.91 Å². The van der Waals surface area contributed by atoms with Crippen LogP contribution in [0, 0.1) is 0 Å². The fraction of sp³-hybridized carbons (Fsp3) is 0.385. The summed E-state index contributed by atoms with van der Waals surface area (Å²) >= 11 is 0. The highest BCUT2D eigenvalue weighted by Gasteiger charge is 2.22. The van der Waals surface area contributed by atoms with Gasteiger partial charge in [-0.05, 0) is 31.4 Å². The highest BCUT2D eigenvalue weighted by molar-refractivity contribution is 5.92. The SMILES string of the molecule is O=C(NCc1cnc[nH]1)c1cccn1C1CCC1. The van der Waals surface area contributed by atoms with E-state index in [4.69, 9.17) is 0 Å². The van der Waals surface area contributed by atoms with Crippen LogP contribution in [0.3, 0.4) is 0 Å². The maximum absolute atomic E-state index is 12.1. The number of aromatic nitrogens is 3. The lowest BCUT2D eigenvalue weighted by molar-refractivity contribution is 0.0935. The highest BCUT2D eigenvalue weighted by atomic mass is 16.1. The molecule has 1 amide bonds. The Morgan fingerprint density at radius 2 is 2.44 bits per heavy atom. The number of H-pyrrole nitrogens is 1. The van der Waals surface area contributed by atoms with Crippen molar-refractivity contribution in [2.24, 2.45) is 0 Å². The molecule has 2 aromatic heterocycles. The Hall–Kier alpha value is -2.04. The van der Waals surface area contributed by atoms with Gasteiger partial charge in [-0.1, -0.05) is 0 Å². The van der Waals surface area contributed by atoms with E-state index in [2.05, 4.69) is 19.9 Å². The molecule has 94 valence electrons. The summed E-state index contributed by atoms with van der Waals surface area (Å²) in [5.41, 5.74) is 1.66. The highest BCUT2D eigenvalue weighted by Crippen LogP contribution is 2.32. The van der Waals surface area contributed by atoms with Crippen molar-refractivity contribution in [3.8, 4) is 0 Å². The third-order valence-corrected chi connectivity index (χ3v) is 3.47. The molecule has 1 aliphatic carbocycles. The molecule has 0 unspecified atom stereocenters. The lowest BCUT2D eigenvalue weighted by atomic mass is 9.93. The number of nitrogens with zero attached hydrogens (tertiary/aromatic N) is 2. The number of carbonyl (C=O) groups is 1. The van der Waals surface area contributed by atoms with Crippen molar-refractivity contribution >= 4 is 5.91 Å². The molecule has 0 aromatic carbocycles. The van der Waals surface area contributed by atoms with E-state index in [1.54, 1.807) is 12.5 Å². The van der Waals surface area contributed by atoms with E-state index < -0.39 is 0 Å². The summed E-state index contributed by atoms with van der Waals surface area (Å²) in [4.78, 5) is 19.0. The summed E-state index contributed by atoms with van der Waals surface area (Å²) in [6, 6.07) is 4.32. The van der Waals surface area contributed by atoms with Gasteiger partial charge in [-0.2, -0.15) is 0 Å². The number of nitrogens with one attached hydrogen (secondary N) is 2. The van der Waals surface area contributed by atoms with Crippen LogP contribution in [0.5, 0.6) is 0 Å². The Morgan fingerprint density at radius 1 is 1.56 bits per heavy atom. The normalized spacial score (nSPS) is 15.3. The molecule has 1 saturated carbocycles. The molecule has 0 spiro atoms. The minimum atomic E-state index is -0.0264. The second-order valence-electron chi connectivity index (χ2n) is 4.64. The molecule has 2 aromatic rings. The number of amides is 1. The molecule has 5 nitrogen and oxygen atoms in total. The van der Waals surface area contributed by atoms with E-state index in [1.807, 2.05) is 18.3 Å². The minimum absolute atomic E-state index is 0.0264. The van der Waals surface area contributed by atoms with Crippen molar-refractivity contribution in [3.63, 3.8) is 0 Å². The standard InChI is InChI=1S/C13H16N4O/c18-13(15-8-10-7-14-9-16-10)12-5-2-6-17(12)11-3-1-4-11/h2,5-7,9,11H,1,3-4,8H2,(H,14,16)(H,15,18). The van der Waals surface area contributed by atoms with Gasteiger partial charge in [0.15, 0.2) is 0 Å². The van der Waals surface area contributed by atoms with E-state index in [1.165, 1.54) is 19.3 Å². The van der Waals surface area contributed by atoms with E-state index >= 15 is 0 Å². The average molecular weight is 244 g/mol. The fourth-order valence-electron chi connectivity index (χ4n) is 2.22. The van der Waals surface area contributed by atoms with Gasteiger partial charge in [0.05, 0.1) is 18.6 Å². The molecule has 0 bridgehead atoms. The topological polar surface area (TPSA) is 62.7 Å². The zero-order valence-corrected chi connectivity index (χ0v) is 10.1. The molecular weight excluding hydrogens is 228 g/mol. The maximum atomic E-state index is 12.1. The van der Waals surface area contributed by atoms with Crippen LogP contribution in [0.15, 0.2) is 30.9 Å². The second-order valence-corrected chi connectivity index (χ2v) is 4.64. The molecular formula is C13H16N4O. The molecule has 2 N–H and O–H groups in total. The first-order valence-electron chi connectivity index (χ1n) is 6.27. The van der Waals surface area contributed by atoms with Gasteiger partial charge in [-0.25, -0.2) is 4.98 Å². The monoisotopic (exact) mass is 244 g/mol. The van der Waals surface area contributed by atoms with E-state index in [0.717, 1.165) is 11.4 Å². The Morgan fingerprint density at radius 3 is 3.11 bits per heavy atom. The van der Waals surface area contributed by atoms with Crippen LogP contribution in [-0.4, -0.2) is 20.4 Å². The van der Waals surface area contributed by atoms with Gasteiger partial charge < -0.3 is 14.9 Å². The van der Waals surface area contributed by atoms with Gasteiger partial charge in [0, 0.05) is 18.4 Å². The molecule has 1 aliphatic rings. The van der Waals surface area contributed by atoms with Crippen molar-refractivity contribution in [3.05, 3.63) is 42.2 Å². The maximum Gasteiger partial charge on any atom is 0.268 e. The number of aromatic amines is 1. The molecule has 0 saturated heterocycles. The molecule has 5 heteroatoms. The van der Waals surface area contributed by atoms with Crippen LogP contribution < -0.4 is 5.32 Å². The van der Waals surface area contributed by atoms with Crippen molar-refractivity contribution in [1.82, 2.24) is 19.9 Å². The lowest BCUT2D eigenvalue weighted by Crippen LogP contribution is -2.28. The predicted molar refractivity (Wildman–Crippen MR) is 67.1 cm³/mol. The zero-order chi connectivity index (χ0) is 12.4. The number of carbonyl (C=O) groups excluding carboxylic acids is 1. The number of hydrogen-bond donors (Lipinski definition) is 2. The third kappa shape index (κ3) is 2.03. The Balaban J connectivity index is 1.66. The Bertz CT molecular complexity index is 525. The minimum Gasteiger partial charge on any atom is -0.347 e. The van der Waals surface area contributed by atoms with Crippen LogP contribution in [0.4, 0.5) is 0 Å². The summed E-state index contributed by atoms with van der Waals surface area (Å²) in [6.07, 6.45) is 8.93. The Labute approximate surface area is 105 Å². The summed E-state index contributed by atoms with van der Waals surface area (Å²) in [6.45, 7) is 0.481. The van der Waals surface area contributed by atoms with Crippen molar-refractivity contribution in [2.45, 2.75) is 31.8 Å². The van der Waals surface area contributed by atoms with E-state index in [9.17, 15) is 4.79 Å². The summed E-state index contributed by atoms with van der Waals surface area (Å²) < 4.78 is 2.09. The third-order valence-electron chi connectivity index (χ3n) is 3.47. The summed E-state index contributed by atoms with van der Waals surface area (Å²) in [5.74, 6) is -0.0264. The van der Waals surface area contributed by atoms with Crippen molar-refractivity contribution < 1.29 is 4.79 Å². The van der Waals surface area contributed by atoms with Gasteiger partial charge in [-0.15, -0.1) is 0 Å². The van der Waals surface area contributed by atoms with Crippen LogP contribution in [-0.2, 0) is 6.54 Å². The van der Waals surface area contributed by atoms with Crippen molar-refractivity contribution in [1.29, 1.82) is 0 Å². The quantitative estimate of drug-likeness (QED) is 0.862. The molecule has 3 rings (SSSR count). The smallest absolute Gasteiger partial charge is 0.268 e. The average Bonchev–Trinajstić information content (AvgIpc) is 2.94. The first-order chi connectivity index (χ1) is 8.84. The predicted octanol–water partition coefficient (Wildman–Crippen LogP) is 1.87. The molecule has 2 heterocycles. The summed E-state index contributed by atoms with van der Waals surface area (Å²) in [7, 11) is 0. The largest absolute Gasteiger partial charge is 0.347 e. The van der Waals surface area contributed by atoms with Crippen LogP contribution in [0.1, 0.15) is 41.5 Å². The molecule has 0 radical (unpaired) electrons. The summed E-state index contributed by atoms with van der Waals surface area (Å²) in [5, 5.41) is 2.90. The number of hydrogen-bond acceptors (Lipinski definition) is 2. The molecule has 18 heavy (non-hydrogen) atoms. The van der Waals surface area contributed by atoms with Crippen molar-refractivity contribution in [2.75, 3.05) is 0 Å². The number of rotatable bonds is 4. The van der Waals surface area contributed by atoms with E-state index in [-0.39, 0.29) is 5.91 Å². The van der Waals surface area contributed by atoms with Crippen LogP contribution in [0.2, 0.25) is 0 Å². The number of imidazole rings is 1. The fourth-order valence-corrected chi connectivity index (χ4v) is 2.22. The molecule has 1 fully saturated rings. The lowest BCUT2D eigenvalue weighted by Gasteiger charge is -2.28. The Kier molecular flexibility index (Phi) is 2.88. The first-order valence-corrected chi connectivity index (χ1v) is 6.27. The second kappa shape index (κ2) is 4.68. The van der Waals surface area contributed by atoms with Gasteiger partial charge in [-0.3, -0.25) is 4.79 Å². The zero-order valence-electron chi connectivity index (χ0n) is 10.1. The van der Waals surface area contributed by atoms with Crippen LogP contribution in [0.25, 0.3) is 0 Å².